The summed E-state index contributed by atoms with van der Waals surface area (Å²) < 4.78 is 4.69. The number of carbonyl (C=O) groups is 1. The molecule has 0 fully saturated rings. The number of H-pyrrole nitrogens is 1. The van der Waals surface area contributed by atoms with Crippen molar-refractivity contribution in [2.75, 3.05) is 7.11 Å². The van der Waals surface area contributed by atoms with Gasteiger partial charge in [0, 0.05) is 18.4 Å². The summed E-state index contributed by atoms with van der Waals surface area (Å²) in [6, 6.07) is 7.11. The minimum atomic E-state index is -0.365. The van der Waals surface area contributed by atoms with Crippen LogP contribution in [0.1, 0.15) is 59.7 Å². The third kappa shape index (κ3) is 4.31. The van der Waals surface area contributed by atoms with E-state index < -0.39 is 0 Å². The van der Waals surface area contributed by atoms with E-state index in [-0.39, 0.29) is 11.5 Å². The smallest absolute Gasteiger partial charge is 0.337 e. The van der Waals surface area contributed by atoms with Gasteiger partial charge in [0.1, 0.15) is 5.82 Å². The number of aryl methyl sites for hydroxylation is 2. The molecule has 5 nitrogen and oxygen atoms in total. The van der Waals surface area contributed by atoms with Crippen LogP contribution in [0.25, 0.3) is 0 Å². The van der Waals surface area contributed by atoms with Gasteiger partial charge in [-0.25, -0.2) is 9.78 Å². The molecule has 24 heavy (non-hydrogen) atoms. The van der Waals surface area contributed by atoms with Crippen LogP contribution in [0, 0.1) is 0 Å². The van der Waals surface area contributed by atoms with Crippen LogP contribution >= 0.6 is 0 Å². The first-order valence-corrected chi connectivity index (χ1v) is 8.37. The molecule has 0 aliphatic rings. The lowest BCUT2D eigenvalue weighted by Crippen LogP contribution is -2.20. The maximum atomic E-state index is 12.4. The summed E-state index contributed by atoms with van der Waals surface area (Å²) >= 11 is 0. The number of esters is 1. The van der Waals surface area contributed by atoms with Crippen LogP contribution in [0.5, 0.6) is 0 Å². The number of ether oxygens (including phenoxy) is 1. The molecule has 0 spiro atoms. The maximum absolute atomic E-state index is 12.4. The van der Waals surface area contributed by atoms with Gasteiger partial charge in [-0.1, -0.05) is 32.4 Å². The normalized spacial score (nSPS) is 10.6. The molecule has 1 N–H and O–H groups in total. The van der Waals surface area contributed by atoms with Crippen LogP contribution in [0.4, 0.5) is 0 Å². The zero-order valence-corrected chi connectivity index (χ0v) is 14.5. The van der Waals surface area contributed by atoms with E-state index in [1.165, 1.54) is 7.11 Å². The van der Waals surface area contributed by atoms with Crippen molar-refractivity contribution in [1.29, 1.82) is 0 Å². The van der Waals surface area contributed by atoms with Gasteiger partial charge in [0.2, 0.25) is 0 Å². The number of nitrogens with one attached hydrogen (secondary N) is 1. The summed E-state index contributed by atoms with van der Waals surface area (Å²) in [5.74, 6) is 0.402. The summed E-state index contributed by atoms with van der Waals surface area (Å²) in [5, 5.41) is 0. The molecule has 1 aromatic heterocycles. The SMILES string of the molecule is CCCCc1nc(CC)c(Cc2ccc(C(=O)OC)cc2)c(=O)[nH]1. The number of nitrogens with zero attached hydrogens (tertiary/aromatic N) is 1. The van der Waals surface area contributed by atoms with Gasteiger partial charge in [-0.05, 0) is 30.5 Å². The molecule has 0 saturated heterocycles. The fourth-order valence-electron chi connectivity index (χ4n) is 2.61. The van der Waals surface area contributed by atoms with Crippen molar-refractivity contribution < 1.29 is 9.53 Å². The minimum Gasteiger partial charge on any atom is -0.465 e. The van der Waals surface area contributed by atoms with Gasteiger partial charge in [-0.2, -0.15) is 0 Å². The lowest BCUT2D eigenvalue weighted by Gasteiger charge is -2.09. The predicted octanol–water partition coefficient (Wildman–Crippen LogP) is 3.05. The zero-order valence-electron chi connectivity index (χ0n) is 14.5. The molecule has 0 aliphatic carbocycles. The Morgan fingerprint density at radius 1 is 1.21 bits per heavy atom. The van der Waals surface area contributed by atoms with Crippen molar-refractivity contribution in [3.8, 4) is 0 Å². The molecular formula is C19H24N2O3. The monoisotopic (exact) mass is 328 g/mol. The lowest BCUT2D eigenvalue weighted by molar-refractivity contribution is 0.0600. The number of benzene rings is 1. The van der Waals surface area contributed by atoms with Crippen molar-refractivity contribution in [3.05, 3.63) is 62.8 Å². The molecule has 0 amide bonds. The molecule has 5 heteroatoms. The van der Waals surface area contributed by atoms with Gasteiger partial charge in [0.15, 0.2) is 0 Å². The Balaban J connectivity index is 2.25. The highest BCUT2D eigenvalue weighted by Gasteiger charge is 2.12. The number of unbranched alkanes of at least 4 members (excludes halogenated alkanes) is 1. The molecule has 2 aromatic rings. The zero-order chi connectivity index (χ0) is 17.5. The van der Waals surface area contributed by atoms with Crippen LogP contribution in [0.2, 0.25) is 0 Å². The Hall–Kier alpha value is -2.43. The van der Waals surface area contributed by atoms with E-state index >= 15 is 0 Å². The van der Waals surface area contributed by atoms with E-state index in [1.807, 2.05) is 19.1 Å². The van der Waals surface area contributed by atoms with E-state index in [4.69, 9.17) is 4.74 Å². The molecular weight excluding hydrogens is 304 g/mol. The average molecular weight is 328 g/mol. The topological polar surface area (TPSA) is 72.0 Å². The van der Waals surface area contributed by atoms with Crippen LogP contribution < -0.4 is 5.56 Å². The number of aromatic nitrogens is 2. The Morgan fingerprint density at radius 2 is 1.92 bits per heavy atom. The molecule has 0 saturated carbocycles. The first-order chi connectivity index (χ1) is 11.6. The van der Waals surface area contributed by atoms with Crippen LogP contribution in [0.3, 0.4) is 0 Å². The molecule has 0 atom stereocenters. The van der Waals surface area contributed by atoms with E-state index in [1.54, 1.807) is 12.1 Å². The summed E-state index contributed by atoms with van der Waals surface area (Å²) in [4.78, 5) is 31.4. The van der Waals surface area contributed by atoms with Gasteiger partial charge in [-0.15, -0.1) is 0 Å². The molecule has 128 valence electrons. The number of rotatable bonds is 7. The summed E-state index contributed by atoms with van der Waals surface area (Å²) in [6.45, 7) is 4.13. The van der Waals surface area contributed by atoms with E-state index in [2.05, 4.69) is 16.9 Å². The van der Waals surface area contributed by atoms with E-state index in [0.717, 1.165) is 42.8 Å². The maximum Gasteiger partial charge on any atom is 0.337 e. The Kier molecular flexibility index (Phi) is 6.29. The highest BCUT2D eigenvalue weighted by molar-refractivity contribution is 5.89. The first kappa shape index (κ1) is 17.9. The standard InChI is InChI=1S/C19H24N2O3/c1-4-6-7-17-20-16(5-2)15(18(22)21-17)12-13-8-10-14(11-9-13)19(23)24-3/h8-11H,4-7,12H2,1-3H3,(H,20,21,22). The van der Waals surface area contributed by atoms with Crippen molar-refractivity contribution in [1.82, 2.24) is 9.97 Å². The van der Waals surface area contributed by atoms with E-state index in [0.29, 0.717) is 17.5 Å². The first-order valence-electron chi connectivity index (χ1n) is 8.37. The third-order valence-corrected chi connectivity index (χ3v) is 4.01. The Morgan fingerprint density at radius 3 is 2.50 bits per heavy atom. The second-order valence-corrected chi connectivity index (χ2v) is 5.76. The number of hydrogen-bond acceptors (Lipinski definition) is 4. The molecule has 1 aromatic carbocycles. The second-order valence-electron chi connectivity index (χ2n) is 5.76. The third-order valence-electron chi connectivity index (χ3n) is 4.01. The average Bonchev–Trinajstić information content (AvgIpc) is 2.61. The van der Waals surface area contributed by atoms with Gasteiger partial charge in [-0.3, -0.25) is 4.79 Å². The van der Waals surface area contributed by atoms with Gasteiger partial charge < -0.3 is 9.72 Å². The van der Waals surface area contributed by atoms with Gasteiger partial charge >= 0.3 is 5.97 Å². The highest BCUT2D eigenvalue weighted by Crippen LogP contribution is 2.13. The molecule has 1 heterocycles. The number of hydrogen-bond donors (Lipinski definition) is 1. The van der Waals surface area contributed by atoms with Gasteiger partial charge in [0.05, 0.1) is 18.4 Å². The predicted molar refractivity (Wildman–Crippen MR) is 93.4 cm³/mol. The highest BCUT2D eigenvalue weighted by atomic mass is 16.5. The van der Waals surface area contributed by atoms with Crippen molar-refractivity contribution in [2.45, 2.75) is 46.0 Å². The molecule has 2 rings (SSSR count). The molecule has 0 bridgehead atoms. The van der Waals surface area contributed by atoms with Crippen LogP contribution in [0.15, 0.2) is 29.1 Å². The molecule has 0 aliphatic heterocycles. The number of aromatic amines is 1. The molecule has 0 radical (unpaired) electrons. The van der Waals surface area contributed by atoms with Crippen LogP contribution in [-0.4, -0.2) is 23.0 Å². The fraction of sp³-hybridized carbons (Fsp3) is 0.421. The summed E-state index contributed by atoms with van der Waals surface area (Å²) in [6.07, 6.45) is 4.10. The van der Waals surface area contributed by atoms with Gasteiger partial charge in [0.25, 0.3) is 5.56 Å². The second kappa shape index (κ2) is 8.43. The summed E-state index contributed by atoms with van der Waals surface area (Å²) in [5.41, 5.74) is 2.94. The number of carbonyl (C=O) groups excluding carboxylic acids is 1. The minimum absolute atomic E-state index is 0.0648. The Labute approximate surface area is 142 Å². The Bertz CT molecular complexity index is 748. The number of methoxy groups -OCH3 is 1. The lowest BCUT2D eigenvalue weighted by atomic mass is 10.0. The van der Waals surface area contributed by atoms with Crippen LogP contribution in [-0.2, 0) is 24.0 Å². The van der Waals surface area contributed by atoms with Crippen molar-refractivity contribution >= 4 is 5.97 Å². The summed E-state index contributed by atoms with van der Waals surface area (Å²) in [7, 11) is 1.36. The fourth-order valence-corrected chi connectivity index (χ4v) is 2.61. The largest absolute Gasteiger partial charge is 0.465 e. The molecule has 0 unspecified atom stereocenters. The van der Waals surface area contributed by atoms with E-state index in [9.17, 15) is 9.59 Å². The quantitative estimate of drug-likeness (QED) is 0.793. The van der Waals surface area contributed by atoms with Crippen molar-refractivity contribution in [2.24, 2.45) is 0 Å². The van der Waals surface area contributed by atoms with Crippen molar-refractivity contribution in [3.63, 3.8) is 0 Å².